The van der Waals surface area contributed by atoms with Crippen LogP contribution in [-0.4, -0.2) is 30.4 Å². The second-order valence-electron chi connectivity index (χ2n) is 8.52. The molecule has 0 aliphatic heterocycles. The number of amides is 3. The number of nitrogens with one attached hydrogen (secondary N) is 3. The van der Waals surface area contributed by atoms with Gasteiger partial charge in [0, 0.05) is 40.7 Å². The summed E-state index contributed by atoms with van der Waals surface area (Å²) in [6, 6.07) is 19.3. The molecule has 0 saturated heterocycles. The molecule has 0 atom stereocenters. The lowest BCUT2D eigenvalue weighted by Gasteiger charge is -2.16. The van der Waals surface area contributed by atoms with Crippen molar-refractivity contribution in [2.45, 2.75) is 33.4 Å². The fourth-order valence-electron chi connectivity index (χ4n) is 3.57. The molecule has 35 heavy (non-hydrogen) atoms. The highest BCUT2D eigenvalue weighted by molar-refractivity contribution is 9.11. The Balaban J connectivity index is 1.42. The number of carbonyl (C=O) groups excluding carboxylic acids is 2. The summed E-state index contributed by atoms with van der Waals surface area (Å²) in [6.07, 6.45) is 0.414. The van der Waals surface area contributed by atoms with Gasteiger partial charge >= 0.3 is 6.03 Å². The van der Waals surface area contributed by atoms with Gasteiger partial charge in [-0.1, -0.05) is 58.4 Å². The molecule has 0 heterocycles. The zero-order chi connectivity index (χ0) is 25.4. The van der Waals surface area contributed by atoms with Gasteiger partial charge in [0.05, 0.1) is 5.69 Å². The van der Waals surface area contributed by atoms with E-state index in [0.717, 1.165) is 37.9 Å². The Morgan fingerprint density at radius 3 is 2.26 bits per heavy atom. The van der Waals surface area contributed by atoms with E-state index in [-0.39, 0.29) is 11.9 Å². The average Bonchev–Trinajstić information content (AvgIpc) is 2.85. The van der Waals surface area contributed by atoms with E-state index >= 15 is 0 Å². The van der Waals surface area contributed by atoms with Crippen LogP contribution in [0.1, 0.15) is 28.7 Å². The molecule has 0 aliphatic rings. The molecule has 0 aliphatic carbocycles. The molecule has 0 bridgehead atoms. The first kappa shape index (κ1) is 26.9. The number of nitrogens with zero attached hydrogens (tertiary/aromatic N) is 1. The molecule has 0 aromatic heterocycles. The van der Waals surface area contributed by atoms with Gasteiger partial charge in [-0.2, -0.15) is 0 Å². The van der Waals surface area contributed by atoms with Crippen LogP contribution in [0, 0.1) is 13.8 Å². The van der Waals surface area contributed by atoms with Crippen molar-refractivity contribution in [3.8, 4) is 0 Å². The SMILES string of the molecule is Cc1cc(NC(=O)NCc2ccc(NC(=O)CCN(C)Cc3ccccc3)cc2)c(Br)c(C)c1Br. The molecule has 3 amide bonds. The molecule has 0 unspecified atom stereocenters. The highest BCUT2D eigenvalue weighted by Gasteiger charge is 2.12. The Morgan fingerprint density at radius 2 is 1.57 bits per heavy atom. The van der Waals surface area contributed by atoms with Crippen LogP contribution in [0.4, 0.5) is 16.2 Å². The zero-order valence-corrected chi connectivity index (χ0v) is 23.3. The second-order valence-corrected chi connectivity index (χ2v) is 10.1. The number of halogens is 2. The van der Waals surface area contributed by atoms with Crippen LogP contribution in [0.5, 0.6) is 0 Å². The van der Waals surface area contributed by atoms with E-state index in [1.807, 2.05) is 69.4 Å². The van der Waals surface area contributed by atoms with Gasteiger partial charge in [-0.25, -0.2) is 4.79 Å². The van der Waals surface area contributed by atoms with E-state index in [0.29, 0.717) is 25.2 Å². The molecule has 0 saturated carbocycles. The number of rotatable bonds is 9. The number of hydrogen-bond donors (Lipinski definition) is 3. The lowest BCUT2D eigenvalue weighted by Crippen LogP contribution is -2.28. The van der Waals surface area contributed by atoms with Gasteiger partial charge in [0.15, 0.2) is 0 Å². The highest BCUT2D eigenvalue weighted by Crippen LogP contribution is 2.34. The van der Waals surface area contributed by atoms with Crippen LogP contribution in [0.15, 0.2) is 69.6 Å². The number of hydrogen-bond acceptors (Lipinski definition) is 3. The normalized spacial score (nSPS) is 10.8. The van der Waals surface area contributed by atoms with Crippen LogP contribution in [0.3, 0.4) is 0 Å². The minimum absolute atomic E-state index is 0.0270. The summed E-state index contributed by atoms with van der Waals surface area (Å²) in [7, 11) is 2.01. The third-order valence-corrected chi connectivity index (χ3v) is 7.80. The van der Waals surface area contributed by atoms with Crippen molar-refractivity contribution >= 4 is 55.2 Å². The van der Waals surface area contributed by atoms with Crippen molar-refractivity contribution in [3.05, 3.63) is 91.9 Å². The van der Waals surface area contributed by atoms with Crippen molar-refractivity contribution in [2.24, 2.45) is 0 Å². The summed E-state index contributed by atoms with van der Waals surface area (Å²) >= 11 is 7.09. The summed E-state index contributed by atoms with van der Waals surface area (Å²) in [4.78, 5) is 26.8. The van der Waals surface area contributed by atoms with Gasteiger partial charge in [0.25, 0.3) is 0 Å². The Kier molecular flexibility index (Phi) is 9.89. The monoisotopic (exact) mass is 600 g/mol. The van der Waals surface area contributed by atoms with Crippen molar-refractivity contribution in [1.82, 2.24) is 10.2 Å². The molecule has 3 aromatic rings. The van der Waals surface area contributed by atoms with E-state index in [2.05, 4.69) is 64.8 Å². The van der Waals surface area contributed by atoms with Gasteiger partial charge in [-0.15, -0.1) is 0 Å². The predicted octanol–water partition coefficient (Wildman–Crippen LogP) is 6.61. The van der Waals surface area contributed by atoms with Crippen LogP contribution >= 0.6 is 31.9 Å². The largest absolute Gasteiger partial charge is 0.334 e. The summed E-state index contributed by atoms with van der Waals surface area (Å²) < 4.78 is 1.86. The summed E-state index contributed by atoms with van der Waals surface area (Å²) in [6.45, 7) is 5.81. The maximum atomic E-state index is 12.4. The quantitative estimate of drug-likeness (QED) is 0.258. The Labute approximate surface area is 223 Å². The van der Waals surface area contributed by atoms with Crippen LogP contribution in [0.25, 0.3) is 0 Å². The first-order valence-electron chi connectivity index (χ1n) is 11.3. The smallest absolute Gasteiger partial charge is 0.319 e. The molecule has 8 heteroatoms. The summed E-state index contributed by atoms with van der Waals surface area (Å²) in [5.74, 6) is -0.0270. The Morgan fingerprint density at radius 1 is 0.886 bits per heavy atom. The molecular formula is C27H30Br2N4O2. The molecular weight excluding hydrogens is 572 g/mol. The minimum Gasteiger partial charge on any atom is -0.334 e. The third-order valence-electron chi connectivity index (χ3n) is 5.56. The standard InChI is InChI=1S/C27H30Br2N4O2/c1-18-15-23(26(29)19(2)25(18)28)32-27(35)30-16-20-9-11-22(12-10-20)31-24(34)13-14-33(3)17-21-7-5-4-6-8-21/h4-12,15H,13-14,16-17H2,1-3H3,(H,31,34)(H2,30,32,35). The van der Waals surface area contributed by atoms with Gasteiger partial charge in [0.2, 0.25) is 5.91 Å². The fourth-order valence-corrected chi connectivity index (χ4v) is 4.56. The molecule has 0 fully saturated rings. The number of carbonyl (C=O) groups is 2. The molecule has 3 rings (SSSR count). The van der Waals surface area contributed by atoms with Crippen molar-refractivity contribution in [3.63, 3.8) is 0 Å². The van der Waals surface area contributed by atoms with Crippen molar-refractivity contribution < 1.29 is 9.59 Å². The number of aryl methyl sites for hydroxylation is 1. The van der Waals surface area contributed by atoms with E-state index in [1.165, 1.54) is 5.56 Å². The van der Waals surface area contributed by atoms with Gasteiger partial charge in [-0.3, -0.25) is 4.79 Å². The Hall–Kier alpha value is -2.68. The van der Waals surface area contributed by atoms with E-state index in [1.54, 1.807) is 0 Å². The molecule has 0 spiro atoms. The van der Waals surface area contributed by atoms with E-state index in [9.17, 15) is 9.59 Å². The Bertz CT molecular complexity index is 1170. The summed E-state index contributed by atoms with van der Waals surface area (Å²) in [5.41, 5.74) is 5.68. The van der Waals surface area contributed by atoms with Crippen molar-refractivity contribution in [1.29, 1.82) is 0 Å². The van der Waals surface area contributed by atoms with Crippen LogP contribution in [-0.2, 0) is 17.9 Å². The van der Waals surface area contributed by atoms with Gasteiger partial charge in [0.1, 0.15) is 0 Å². The molecule has 184 valence electrons. The zero-order valence-electron chi connectivity index (χ0n) is 20.1. The third kappa shape index (κ3) is 8.19. The molecule has 3 N–H and O–H groups in total. The number of anilines is 2. The van der Waals surface area contributed by atoms with E-state index in [4.69, 9.17) is 0 Å². The van der Waals surface area contributed by atoms with Crippen molar-refractivity contribution in [2.75, 3.05) is 24.2 Å². The summed E-state index contributed by atoms with van der Waals surface area (Å²) in [5, 5.41) is 8.68. The van der Waals surface area contributed by atoms with Gasteiger partial charge in [-0.05, 0) is 77.3 Å². The topological polar surface area (TPSA) is 73.5 Å². The molecule has 3 aromatic carbocycles. The highest BCUT2D eigenvalue weighted by atomic mass is 79.9. The minimum atomic E-state index is -0.288. The average molecular weight is 602 g/mol. The van der Waals surface area contributed by atoms with Gasteiger partial charge < -0.3 is 20.9 Å². The number of benzene rings is 3. The first-order chi connectivity index (χ1) is 16.7. The lowest BCUT2D eigenvalue weighted by molar-refractivity contribution is -0.116. The van der Waals surface area contributed by atoms with E-state index < -0.39 is 0 Å². The molecule has 0 radical (unpaired) electrons. The number of urea groups is 1. The molecule has 6 nitrogen and oxygen atoms in total. The maximum Gasteiger partial charge on any atom is 0.319 e. The first-order valence-corrected chi connectivity index (χ1v) is 12.9. The van der Waals surface area contributed by atoms with Crippen LogP contribution in [0.2, 0.25) is 0 Å². The van der Waals surface area contributed by atoms with Crippen LogP contribution < -0.4 is 16.0 Å². The fraction of sp³-hybridized carbons (Fsp3) is 0.259. The predicted molar refractivity (Wildman–Crippen MR) is 150 cm³/mol. The lowest BCUT2D eigenvalue weighted by atomic mass is 10.1. The second kappa shape index (κ2) is 12.9. The maximum absolute atomic E-state index is 12.4.